The van der Waals surface area contributed by atoms with Gasteiger partial charge in [0, 0.05) is 35.8 Å². The van der Waals surface area contributed by atoms with Gasteiger partial charge in [-0.25, -0.2) is 0 Å². The molecule has 0 saturated carbocycles. The van der Waals surface area contributed by atoms with E-state index >= 15 is 0 Å². The number of piperidine rings is 1. The van der Waals surface area contributed by atoms with E-state index in [1.165, 1.54) is 22.6 Å². The SMILES string of the molecule is CCCCc1ccc(CN2CCC3(CC2)NC(=O)CC3C(=O)O)s1. The molecule has 0 radical (unpaired) electrons. The van der Waals surface area contributed by atoms with Crippen molar-refractivity contribution in [3.8, 4) is 0 Å². The molecular formula is C18H26N2O3S. The third-order valence-corrected chi connectivity index (χ3v) is 6.49. The summed E-state index contributed by atoms with van der Waals surface area (Å²) in [5, 5.41) is 12.4. The maximum atomic E-state index is 11.7. The Morgan fingerprint density at radius 3 is 2.75 bits per heavy atom. The summed E-state index contributed by atoms with van der Waals surface area (Å²) < 4.78 is 0. The Morgan fingerprint density at radius 2 is 2.08 bits per heavy atom. The van der Waals surface area contributed by atoms with Crippen LogP contribution in [0.15, 0.2) is 12.1 Å². The Balaban J connectivity index is 1.56. The first-order valence-electron chi connectivity index (χ1n) is 8.86. The highest BCUT2D eigenvalue weighted by molar-refractivity contribution is 7.11. The van der Waals surface area contributed by atoms with Crippen molar-refractivity contribution in [1.29, 1.82) is 0 Å². The van der Waals surface area contributed by atoms with Crippen molar-refractivity contribution in [2.75, 3.05) is 13.1 Å². The van der Waals surface area contributed by atoms with Crippen LogP contribution in [-0.2, 0) is 22.6 Å². The van der Waals surface area contributed by atoms with Gasteiger partial charge in [-0.2, -0.15) is 0 Å². The second-order valence-corrected chi connectivity index (χ2v) is 8.30. The van der Waals surface area contributed by atoms with Crippen molar-refractivity contribution < 1.29 is 14.7 Å². The lowest BCUT2D eigenvalue weighted by Crippen LogP contribution is -2.55. The number of aryl methyl sites for hydroxylation is 1. The molecule has 1 atom stereocenters. The Morgan fingerprint density at radius 1 is 1.38 bits per heavy atom. The highest BCUT2D eigenvalue weighted by Gasteiger charge is 2.51. The number of aliphatic carboxylic acids is 1. The highest BCUT2D eigenvalue weighted by Crippen LogP contribution is 2.37. The number of unbranched alkanes of at least 4 members (excludes halogenated alkanes) is 1. The van der Waals surface area contributed by atoms with Crippen LogP contribution in [0.3, 0.4) is 0 Å². The average Bonchev–Trinajstić information content (AvgIpc) is 3.12. The van der Waals surface area contributed by atoms with Crippen LogP contribution in [-0.4, -0.2) is 40.5 Å². The van der Waals surface area contributed by atoms with Crippen LogP contribution in [0, 0.1) is 5.92 Å². The van der Waals surface area contributed by atoms with Crippen LogP contribution >= 0.6 is 11.3 Å². The van der Waals surface area contributed by atoms with E-state index in [1.54, 1.807) is 0 Å². The van der Waals surface area contributed by atoms with Crippen LogP contribution in [0.1, 0.15) is 48.8 Å². The zero-order valence-electron chi connectivity index (χ0n) is 14.2. The minimum absolute atomic E-state index is 0.116. The van der Waals surface area contributed by atoms with Crippen LogP contribution in [0.2, 0.25) is 0 Å². The molecule has 5 nitrogen and oxygen atoms in total. The molecule has 1 aromatic heterocycles. The molecule has 0 aliphatic carbocycles. The molecule has 6 heteroatoms. The largest absolute Gasteiger partial charge is 0.481 e. The highest BCUT2D eigenvalue weighted by atomic mass is 32.1. The van der Waals surface area contributed by atoms with E-state index in [0.29, 0.717) is 0 Å². The number of carbonyl (C=O) groups excluding carboxylic acids is 1. The summed E-state index contributed by atoms with van der Waals surface area (Å²) in [7, 11) is 0. The van der Waals surface area contributed by atoms with Crippen LogP contribution < -0.4 is 5.32 Å². The third kappa shape index (κ3) is 3.64. The number of likely N-dealkylation sites (tertiary alicyclic amines) is 1. The summed E-state index contributed by atoms with van der Waals surface area (Å²) in [4.78, 5) is 28.4. The fourth-order valence-corrected chi connectivity index (χ4v) is 5.02. The van der Waals surface area contributed by atoms with E-state index in [0.717, 1.165) is 38.9 Å². The Kier molecular flexibility index (Phi) is 5.25. The van der Waals surface area contributed by atoms with Crippen molar-refractivity contribution in [1.82, 2.24) is 10.2 Å². The minimum Gasteiger partial charge on any atom is -0.481 e. The van der Waals surface area contributed by atoms with Gasteiger partial charge in [-0.1, -0.05) is 13.3 Å². The maximum absolute atomic E-state index is 11.7. The molecule has 2 fully saturated rings. The maximum Gasteiger partial charge on any atom is 0.309 e. The number of carboxylic acid groups (broad SMARTS) is 1. The number of hydrogen-bond acceptors (Lipinski definition) is 4. The molecule has 24 heavy (non-hydrogen) atoms. The number of nitrogens with one attached hydrogen (secondary N) is 1. The van der Waals surface area contributed by atoms with Gasteiger partial charge in [-0.05, 0) is 37.8 Å². The van der Waals surface area contributed by atoms with Gasteiger partial charge in [0.1, 0.15) is 0 Å². The van der Waals surface area contributed by atoms with E-state index in [1.807, 2.05) is 11.3 Å². The Bertz CT molecular complexity index is 605. The van der Waals surface area contributed by atoms with Crippen molar-refractivity contribution in [2.45, 2.75) is 57.5 Å². The molecular weight excluding hydrogens is 324 g/mol. The number of nitrogens with zero attached hydrogens (tertiary/aromatic N) is 1. The lowest BCUT2D eigenvalue weighted by molar-refractivity contribution is -0.144. The van der Waals surface area contributed by atoms with E-state index in [9.17, 15) is 14.7 Å². The smallest absolute Gasteiger partial charge is 0.309 e. The van der Waals surface area contributed by atoms with Gasteiger partial charge in [0.15, 0.2) is 0 Å². The minimum atomic E-state index is -0.847. The Hall–Kier alpha value is -1.40. The quantitative estimate of drug-likeness (QED) is 0.827. The molecule has 2 aliphatic rings. The second-order valence-electron chi connectivity index (χ2n) is 7.05. The summed E-state index contributed by atoms with van der Waals surface area (Å²) in [6.07, 6.45) is 5.20. The van der Waals surface area contributed by atoms with Crippen molar-refractivity contribution in [2.24, 2.45) is 5.92 Å². The van der Waals surface area contributed by atoms with E-state index in [4.69, 9.17) is 0 Å². The second kappa shape index (κ2) is 7.23. The van der Waals surface area contributed by atoms with Gasteiger partial charge in [-0.3, -0.25) is 14.5 Å². The molecule has 1 unspecified atom stereocenters. The van der Waals surface area contributed by atoms with E-state index in [2.05, 4.69) is 29.3 Å². The molecule has 3 rings (SSSR count). The number of thiophene rings is 1. The normalized spacial score (nSPS) is 23.5. The monoisotopic (exact) mass is 350 g/mol. The average molecular weight is 350 g/mol. The summed E-state index contributed by atoms with van der Waals surface area (Å²) in [5.74, 6) is -1.54. The Labute approximate surface area is 147 Å². The molecule has 1 amide bonds. The number of carbonyl (C=O) groups is 2. The molecule has 0 bridgehead atoms. The van der Waals surface area contributed by atoms with Gasteiger partial charge in [-0.15, -0.1) is 11.3 Å². The molecule has 1 spiro atoms. The van der Waals surface area contributed by atoms with Gasteiger partial charge in [0.25, 0.3) is 0 Å². The zero-order valence-corrected chi connectivity index (χ0v) is 15.0. The lowest BCUT2D eigenvalue weighted by atomic mass is 9.78. The standard InChI is InChI=1S/C18H26N2O3S/c1-2-3-4-13-5-6-14(24-13)12-20-9-7-18(8-10-20)15(17(22)23)11-16(21)19-18/h5-6,15H,2-4,7-12H2,1H3,(H,19,21)(H,22,23). The fourth-order valence-electron chi connectivity index (χ4n) is 3.92. The number of amides is 1. The van der Waals surface area contributed by atoms with Gasteiger partial charge >= 0.3 is 5.97 Å². The zero-order chi connectivity index (χ0) is 17.2. The van der Waals surface area contributed by atoms with Crippen molar-refractivity contribution >= 4 is 23.2 Å². The number of rotatable bonds is 6. The predicted molar refractivity (Wildman–Crippen MR) is 94.1 cm³/mol. The first-order chi connectivity index (χ1) is 11.5. The van der Waals surface area contributed by atoms with Crippen LogP contribution in [0.4, 0.5) is 0 Å². The van der Waals surface area contributed by atoms with Gasteiger partial charge in [0.05, 0.1) is 11.5 Å². The van der Waals surface area contributed by atoms with E-state index < -0.39 is 17.4 Å². The van der Waals surface area contributed by atoms with Gasteiger partial charge < -0.3 is 10.4 Å². The number of hydrogen-bond donors (Lipinski definition) is 2. The fraction of sp³-hybridized carbons (Fsp3) is 0.667. The first kappa shape index (κ1) is 17.4. The lowest BCUT2D eigenvalue weighted by Gasteiger charge is -2.41. The predicted octanol–water partition coefficient (Wildman–Crippen LogP) is 2.65. The molecule has 0 aromatic carbocycles. The van der Waals surface area contributed by atoms with Crippen LogP contribution in [0.25, 0.3) is 0 Å². The third-order valence-electron chi connectivity index (χ3n) is 5.36. The van der Waals surface area contributed by atoms with Crippen molar-refractivity contribution in [3.63, 3.8) is 0 Å². The summed E-state index contributed by atoms with van der Waals surface area (Å²) in [5.41, 5.74) is -0.527. The summed E-state index contributed by atoms with van der Waals surface area (Å²) >= 11 is 1.89. The molecule has 3 heterocycles. The molecule has 2 saturated heterocycles. The summed E-state index contributed by atoms with van der Waals surface area (Å²) in [6.45, 7) is 4.82. The summed E-state index contributed by atoms with van der Waals surface area (Å²) in [6, 6.07) is 4.45. The molecule has 1 aromatic rings. The topological polar surface area (TPSA) is 69.6 Å². The molecule has 2 N–H and O–H groups in total. The molecule has 2 aliphatic heterocycles. The first-order valence-corrected chi connectivity index (χ1v) is 9.68. The van der Waals surface area contributed by atoms with E-state index in [-0.39, 0.29) is 12.3 Å². The van der Waals surface area contributed by atoms with Crippen molar-refractivity contribution in [3.05, 3.63) is 21.9 Å². The van der Waals surface area contributed by atoms with Crippen LogP contribution in [0.5, 0.6) is 0 Å². The number of carboxylic acids is 1. The molecule has 132 valence electrons. The van der Waals surface area contributed by atoms with Gasteiger partial charge in [0.2, 0.25) is 5.91 Å².